The molecule has 0 spiro atoms. The highest BCUT2D eigenvalue weighted by atomic mass is 19.4. The number of halogens is 3. The number of hydrogen-bond acceptors (Lipinski definition) is 4. The number of carbonyl (C=O) groups is 1. The lowest BCUT2D eigenvalue weighted by atomic mass is 10.0. The molecule has 0 aliphatic carbocycles. The van der Waals surface area contributed by atoms with Crippen LogP contribution in [0.4, 0.5) is 13.2 Å². The van der Waals surface area contributed by atoms with Crippen molar-refractivity contribution < 1.29 is 18.0 Å². The van der Waals surface area contributed by atoms with E-state index in [4.69, 9.17) is 0 Å². The molecule has 0 aliphatic rings. The molecule has 0 fully saturated rings. The minimum atomic E-state index is -4.70. The minimum Gasteiger partial charge on any atom is -0.342 e. The quantitative estimate of drug-likeness (QED) is 0.373. The van der Waals surface area contributed by atoms with Crippen LogP contribution in [0.2, 0.25) is 0 Å². The summed E-state index contributed by atoms with van der Waals surface area (Å²) in [7, 11) is 0. The number of carbonyl (C=O) groups excluding carboxylic acids is 1. The molecule has 1 amide bonds. The standard InChI is InChI=1S/C25H21F3N6O/c1-3-33-11-10-19(31-33)15(2)29-24(35)21-14-23-30-20(13-22(25(26,27)28)34(23)32-21)18-9-8-16-6-4-5-7-17(16)12-18/h4-15H,3H2,1-2H3,(H,29,35). The van der Waals surface area contributed by atoms with E-state index in [-0.39, 0.29) is 17.0 Å². The summed E-state index contributed by atoms with van der Waals surface area (Å²) in [6.45, 7) is 4.36. The van der Waals surface area contributed by atoms with E-state index < -0.39 is 23.8 Å². The first-order valence-corrected chi connectivity index (χ1v) is 11.0. The zero-order chi connectivity index (χ0) is 24.7. The fourth-order valence-electron chi connectivity index (χ4n) is 3.91. The van der Waals surface area contributed by atoms with Gasteiger partial charge in [-0.1, -0.05) is 36.4 Å². The molecule has 0 bridgehead atoms. The van der Waals surface area contributed by atoms with Gasteiger partial charge in [0, 0.05) is 24.4 Å². The molecule has 7 nitrogen and oxygen atoms in total. The lowest BCUT2D eigenvalue weighted by molar-refractivity contribution is -0.142. The van der Waals surface area contributed by atoms with Gasteiger partial charge in [-0.3, -0.25) is 9.48 Å². The first kappa shape index (κ1) is 22.6. The van der Waals surface area contributed by atoms with Crippen LogP contribution in [-0.4, -0.2) is 30.3 Å². The number of nitrogens with one attached hydrogen (secondary N) is 1. The van der Waals surface area contributed by atoms with Crippen LogP contribution in [0, 0.1) is 0 Å². The summed E-state index contributed by atoms with van der Waals surface area (Å²) in [6.07, 6.45) is -2.91. The van der Waals surface area contributed by atoms with Gasteiger partial charge in [0.1, 0.15) is 0 Å². The molecule has 1 atom stereocenters. The first-order valence-electron chi connectivity index (χ1n) is 11.0. The Labute approximate surface area is 198 Å². The zero-order valence-electron chi connectivity index (χ0n) is 18.9. The fourth-order valence-corrected chi connectivity index (χ4v) is 3.91. The second-order valence-corrected chi connectivity index (χ2v) is 8.18. The van der Waals surface area contributed by atoms with Gasteiger partial charge >= 0.3 is 6.18 Å². The first-order chi connectivity index (χ1) is 16.7. The molecule has 0 saturated carbocycles. The summed E-state index contributed by atoms with van der Waals surface area (Å²) in [5.41, 5.74) is 0.0533. The van der Waals surface area contributed by atoms with Gasteiger partial charge in [0.15, 0.2) is 17.0 Å². The molecule has 3 heterocycles. The minimum absolute atomic E-state index is 0.0731. The van der Waals surface area contributed by atoms with E-state index in [0.717, 1.165) is 16.8 Å². The van der Waals surface area contributed by atoms with Gasteiger partial charge in [-0.25, -0.2) is 9.50 Å². The zero-order valence-corrected chi connectivity index (χ0v) is 18.9. The summed E-state index contributed by atoms with van der Waals surface area (Å²) < 4.78 is 44.2. The van der Waals surface area contributed by atoms with Crippen LogP contribution in [0.5, 0.6) is 0 Å². The number of amides is 1. The normalized spacial score (nSPS) is 12.8. The van der Waals surface area contributed by atoms with E-state index in [1.807, 2.05) is 37.3 Å². The maximum absolute atomic E-state index is 13.9. The molecule has 1 N–H and O–H groups in total. The van der Waals surface area contributed by atoms with Crippen LogP contribution >= 0.6 is 0 Å². The van der Waals surface area contributed by atoms with Crippen LogP contribution in [0.1, 0.15) is 41.8 Å². The van der Waals surface area contributed by atoms with Crippen LogP contribution in [0.15, 0.2) is 66.9 Å². The van der Waals surface area contributed by atoms with E-state index in [9.17, 15) is 18.0 Å². The Kier molecular flexibility index (Phi) is 5.50. The fraction of sp³-hybridized carbons (Fsp3) is 0.200. The van der Waals surface area contributed by atoms with Crippen molar-refractivity contribution in [1.82, 2.24) is 29.7 Å². The highest BCUT2D eigenvalue weighted by Gasteiger charge is 2.35. The lowest BCUT2D eigenvalue weighted by Gasteiger charge is -2.11. The van der Waals surface area contributed by atoms with E-state index in [1.54, 1.807) is 36.0 Å². The summed E-state index contributed by atoms with van der Waals surface area (Å²) in [6, 6.07) is 16.4. The van der Waals surface area contributed by atoms with Crippen molar-refractivity contribution in [2.75, 3.05) is 0 Å². The van der Waals surface area contributed by atoms with Crippen molar-refractivity contribution in [1.29, 1.82) is 0 Å². The average molecular weight is 478 g/mol. The predicted octanol–water partition coefficient (Wildman–Crippen LogP) is 5.28. The number of rotatable bonds is 5. The van der Waals surface area contributed by atoms with E-state index >= 15 is 0 Å². The second kappa shape index (κ2) is 8.53. The Morgan fingerprint density at radius 3 is 2.51 bits per heavy atom. The Bertz CT molecular complexity index is 1550. The van der Waals surface area contributed by atoms with Crippen molar-refractivity contribution in [3.63, 3.8) is 0 Å². The number of aromatic nitrogens is 5. The highest BCUT2D eigenvalue weighted by molar-refractivity contribution is 5.93. The van der Waals surface area contributed by atoms with Crippen LogP contribution in [0.3, 0.4) is 0 Å². The van der Waals surface area contributed by atoms with Gasteiger partial charge in [0.05, 0.1) is 17.4 Å². The Balaban J connectivity index is 1.53. The number of fused-ring (bicyclic) bond motifs is 2. The number of benzene rings is 2. The third-order valence-electron chi connectivity index (χ3n) is 5.77. The molecule has 35 heavy (non-hydrogen) atoms. The van der Waals surface area contributed by atoms with Gasteiger partial charge < -0.3 is 5.32 Å². The molecule has 2 aromatic carbocycles. The summed E-state index contributed by atoms with van der Waals surface area (Å²) >= 11 is 0. The maximum atomic E-state index is 13.9. The largest absolute Gasteiger partial charge is 0.433 e. The van der Waals surface area contributed by atoms with E-state index in [1.165, 1.54) is 6.07 Å². The topological polar surface area (TPSA) is 77.1 Å². The monoisotopic (exact) mass is 478 g/mol. The van der Waals surface area contributed by atoms with Crippen molar-refractivity contribution in [3.05, 3.63) is 83.9 Å². The SMILES string of the molecule is CCn1ccc(C(C)NC(=O)c2cc3nc(-c4ccc5ccccc5c4)cc(C(F)(F)F)n3n2)n1. The summed E-state index contributed by atoms with van der Waals surface area (Å²) in [4.78, 5) is 17.2. The van der Waals surface area contributed by atoms with Gasteiger partial charge in [-0.2, -0.15) is 23.4 Å². The lowest BCUT2D eigenvalue weighted by Crippen LogP contribution is -2.27. The Morgan fingerprint density at radius 2 is 1.80 bits per heavy atom. The Hall–Kier alpha value is -4.21. The van der Waals surface area contributed by atoms with Gasteiger partial charge in [-0.05, 0) is 42.8 Å². The number of nitrogens with zero attached hydrogens (tertiary/aromatic N) is 5. The molecular formula is C25H21F3N6O. The van der Waals surface area contributed by atoms with Crippen molar-refractivity contribution in [2.24, 2.45) is 0 Å². The summed E-state index contributed by atoms with van der Waals surface area (Å²) in [5.74, 6) is -0.616. The smallest absolute Gasteiger partial charge is 0.342 e. The third-order valence-corrected chi connectivity index (χ3v) is 5.77. The van der Waals surface area contributed by atoms with Crippen molar-refractivity contribution in [3.8, 4) is 11.3 Å². The average Bonchev–Trinajstić information content (AvgIpc) is 3.49. The molecule has 178 valence electrons. The van der Waals surface area contributed by atoms with Gasteiger partial charge in [0.2, 0.25) is 0 Å². The number of aryl methyl sites for hydroxylation is 1. The molecule has 5 rings (SSSR count). The molecule has 0 aliphatic heterocycles. The van der Waals surface area contributed by atoms with Crippen LogP contribution in [0.25, 0.3) is 27.7 Å². The predicted molar refractivity (Wildman–Crippen MR) is 125 cm³/mol. The molecule has 1 unspecified atom stereocenters. The van der Waals surface area contributed by atoms with Crippen molar-refractivity contribution >= 4 is 22.3 Å². The van der Waals surface area contributed by atoms with E-state index in [0.29, 0.717) is 22.3 Å². The molecule has 5 aromatic rings. The molecule has 0 radical (unpaired) electrons. The Morgan fingerprint density at radius 1 is 1.03 bits per heavy atom. The molecule has 3 aromatic heterocycles. The molecule has 0 saturated heterocycles. The van der Waals surface area contributed by atoms with Crippen molar-refractivity contribution in [2.45, 2.75) is 32.6 Å². The van der Waals surface area contributed by atoms with Gasteiger partial charge in [0.25, 0.3) is 5.91 Å². The second-order valence-electron chi connectivity index (χ2n) is 8.18. The molecule has 10 heteroatoms. The summed E-state index contributed by atoms with van der Waals surface area (Å²) in [5, 5.41) is 12.9. The van der Waals surface area contributed by atoms with Crippen LogP contribution in [-0.2, 0) is 12.7 Å². The van der Waals surface area contributed by atoms with Gasteiger partial charge in [-0.15, -0.1) is 0 Å². The number of hydrogen-bond donors (Lipinski definition) is 1. The maximum Gasteiger partial charge on any atom is 0.433 e. The van der Waals surface area contributed by atoms with Crippen LogP contribution < -0.4 is 5.32 Å². The number of alkyl halides is 3. The highest BCUT2D eigenvalue weighted by Crippen LogP contribution is 2.33. The molecular weight excluding hydrogens is 457 g/mol. The van der Waals surface area contributed by atoms with E-state index in [2.05, 4.69) is 20.5 Å². The third kappa shape index (κ3) is 4.34.